The fraction of sp³-hybridized carbons (Fsp3) is 0.400. The van der Waals surface area contributed by atoms with Crippen molar-refractivity contribution in [3.05, 3.63) is 45.3 Å². The number of allylic oxidation sites excluding steroid dienone is 3. The van der Waals surface area contributed by atoms with E-state index in [0.29, 0.717) is 5.00 Å². The Bertz CT molecular complexity index is 1830. The van der Waals surface area contributed by atoms with Gasteiger partial charge in [-0.1, -0.05) is 61.4 Å². The summed E-state index contributed by atoms with van der Waals surface area (Å²) in [5, 5.41) is 29.0. The van der Waals surface area contributed by atoms with Gasteiger partial charge in [-0.15, -0.1) is 22.7 Å². The number of thiophene rings is 3. The van der Waals surface area contributed by atoms with E-state index in [-0.39, 0.29) is 22.4 Å². The summed E-state index contributed by atoms with van der Waals surface area (Å²) in [6.07, 6.45) is 13.6. The number of nitrogens with zero attached hydrogens (tertiary/aromatic N) is 6. The van der Waals surface area contributed by atoms with Gasteiger partial charge < -0.3 is 4.85 Å². The minimum Gasteiger partial charge on any atom is -0.351 e. The maximum absolute atomic E-state index is 9.55. The Morgan fingerprint density at radius 3 is 2.15 bits per heavy atom. The third kappa shape index (κ3) is 3.31. The number of hydrogen-bond donors (Lipinski definition) is 0. The Morgan fingerprint density at radius 1 is 0.821 bits per heavy atom. The predicted molar refractivity (Wildman–Crippen MR) is 158 cm³/mol. The molecule has 3 aromatic rings. The lowest BCUT2D eigenvalue weighted by atomic mass is 9.67. The van der Waals surface area contributed by atoms with Crippen molar-refractivity contribution in [2.24, 2.45) is 15.4 Å². The molecule has 9 heteroatoms. The average molecular weight is 563 g/mol. The molecular formula is C30H22N6S3. The van der Waals surface area contributed by atoms with Crippen molar-refractivity contribution >= 4 is 74.9 Å². The van der Waals surface area contributed by atoms with Crippen LogP contribution in [0.3, 0.4) is 0 Å². The molecule has 3 heterocycles. The number of fused-ring (bicyclic) bond motifs is 9. The van der Waals surface area contributed by atoms with Crippen LogP contribution in [0, 0.1) is 46.0 Å². The first kappa shape index (κ1) is 24.4. The smallest absolute Gasteiger partial charge is 0.350 e. The van der Waals surface area contributed by atoms with Crippen LogP contribution in [0.5, 0.6) is 0 Å². The van der Waals surface area contributed by atoms with Crippen molar-refractivity contribution < 1.29 is 0 Å². The van der Waals surface area contributed by atoms with Gasteiger partial charge in [0.2, 0.25) is 10.7 Å². The van der Waals surface area contributed by atoms with Gasteiger partial charge in [0.1, 0.15) is 18.2 Å². The number of amidine groups is 1. The highest BCUT2D eigenvalue weighted by Gasteiger charge is 2.57. The Balaban J connectivity index is 1.47. The largest absolute Gasteiger partial charge is 0.351 e. The molecule has 0 saturated heterocycles. The average Bonchev–Trinajstić information content (AvgIpc) is 3.73. The monoisotopic (exact) mass is 562 g/mol. The summed E-state index contributed by atoms with van der Waals surface area (Å²) in [6, 6.07) is 7.91. The summed E-state index contributed by atoms with van der Waals surface area (Å²) in [5.74, 6) is -0.136. The molecule has 4 aliphatic carbocycles. The van der Waals surface area contributed by atoms with Crippen LogP contribution < -0.4 is 0 Å². The van der Waals surface area contributed by atoms with Gasteiger partial charge in [0, 0.05) is 21.8 Å². The Hall–Kier alpha value is -3.60. The molecule has 0 aromatic carbocycles. The Labute approximate surface area is 238 Å². The Morgan fingerprint density at radius 2 is 1.51 bits per heavy atom. The standard InChI is InChI=1S/C30H22N6S3/c1-34-21(16-33)36-22-13-19-25(38-22)28-27(37-19)24-26(39-28)23-18(29(24)8-4-2-5-9-29)12-20(35-17(14-31)15-32)30(23)10-6-3-7-11-30/h12-13H,2-11H2. The van der Waals surface area contributed by atoms with Gasteiger partial charge in [0.25, 0.3) is 0 Å². The topological polar surface area (TPSA) is 100 Å². The number of rotatable bonds is 2. The highest BCUT2D eigenvalue weighted by Crippen LogP contribution is 2.70. The summed E-state index contributed by atoms with van der Waals surface area (Å²) in [4.78, 5) is 13.6. The molecular weight excluding hydrogens is 541 g/mol. The highest BCUT2D eigenvalue weighted by atomic mass is 32.1. The van der Waals surface area contributed by atoms with Crippen LogP contribution in [0.4, 0.5) is 5.00 Å². The van der Waals surface area contributed by atoms with Crippen molar-refractivity contribution in [2.75, 3.05) is 0 Å². The Kier molecular flexibility index (Phi) is 5.62. The SMILES string of the molecule is [C-]#[N+]C(C#N)=Nc1cc2sc3c4c(sc3c2s1)C1=C(C=C(N=C(C#N)C#N)C12CCCCC2)C41CCCCC1. The van der Waals surface area contributed by atoms with E-state index in [1.54, 1.807) is 11.3 Å². The zero-order chi connectivity index (χ0) is 26.8. The van der Waals surface area contributed by atoms with E-state index in [0.717, 1.165) is 44.2 Å². The van der Waals surface area contributed by atoms with Gasteiger partial charge in [0.05, 0.1) is 24.5 Å². The molecule has 2 fully saturated rings. The fourth-order valence-electron chi connectivity index (χ4n) is 7.47. The highest BCUT2D eigenvalue weighted by molar-refractivity contribution is 7.40. The van der Waals surface area contributed by atoms with Gasteiger partial charge in [0.15, 0.2) is 0 Å². The maximum Gasteiger partial charge on any atom is 0.350 e. The fourth-order valence-corrected chi connectivity index (χ4v) is 11.9. The minimum absolute atomic E-state index is 0.0334. The molecule has 0 atom stereocenters. The number of aliphatic imine (C=N–C) groups is 2. The van der Waals surface area contributed by atoms with Crippen molar-refractivity contribution in [1.29, 1.82) is 15.8 Å². The molecule has 0 radical (unpaired) electrons. The van der Waals surface area contributed by atoms with Crippen LogP contribution in [-0.4, -0.2) is 11.5 Å². The lowest BCUT2D eigenvalue weighted by Gasteiger charge is -2.37. The van der Waals surface area contributed by atoms with Gasteiger partial charge in [-0.25, -0.2) is 10.3 Å². The lowest BCUT2D eigenvalue weighted by molar-refractivity contribution is 0.322. The third-order valence-corrected chi connectivity index (χ3v) is 12.8. The van der Waals surface area contributed by atoms with Gasteiger partial charge in [-0.05, 0) is 48.5 Å². The molecule has 39 heavy (non-hydrogen) atoms. The van der Waals surface area contributed by atoms with Gasteiger partial charge in [-0.2, -0.15) is 10.5 Å². The number of nitriles is 3. The summed E-state index contributed by atoms with van der Waals surface area (Å²) in [5.41, 5.74) is 4.98. The first-order chi connectivity index (χ1) is 19.1. The molecule has 2 saturated carbocycles. The van der Waals surface area contributed by atoms with Crippen LogP contribution in [0.2, 0.25) is 0 Å². The molecule has 2 spiro atoms. The second-order valence-electron chi connectivity index (χ2n) is 10.8. The zero-order valence-corrected chi connectivity index (χ0v) is 23.6. The van der Waals surface area contributed by atoms with E-state index < -0.39 is 0 Å². The van der Waals surface area contributed by atoms with Crippen molar-refractivity contribution in [3.63, 3.8) is 0 Å². The van der Waals surface area contributed by atoms with E-state index in [1.165, 1.54) is 66.1 Å². The maximum atomic E-state index is 9.55. The minimum atomic E-state index is -0.226. The molecule has 6 nitrogen and oxygen atoms in total. The molecule has 0 bridgehead atoms. The molecule has 3 aromatic heterocycles. The van der Waals surface area contributed by atoms with Crippen molar-refractivity contribution in [2.45, 2.75) is 69.6 Å². The molecule has 0 amide bonds. The molecule has 0 N–H and O–H groups in total. The molecule has 0 aliphatic heterocycles. The normalized spacial score (nSPS) is 20.8. The van der Waals surface area contributed by atoms with Crippen LogP contribution in [0.25, 0.3) is 29.2 Å². The third-order valence-electron chi connectivity index (χ3n) is 8.99. The van der Waals surface area contributed by atoms with E-state index in [4.69, 9.17) is 11.6 Å². The van der Waals surface area contributed by atoms with E-state index in [1.807, 2.05) is 46.9 Å². The van der Waals surface area contributed by atoms with Crippen molar-refractivity contribution in [1.82, 2.24) is 0 Å². The summed E-state index contributed by atoms with van der Waals surface area (Å²) < 4.78 is 5.04. The van der Waals surface area contributed by atoms with Gasteiger partial charge >= 0.3 is 5.84 Å². The van der Waals surface area contributed by atoms with E-state index in [2.05, 4.69) is 15.9 Å². The van der Waals surface area contributed by atoms with E-state index >= 15 is 0 Å². The van der Waals surface area contributed by atoms with Crippen LogP contribution >= 0.6 is 34.0 Å². The molecule has 0 unspecified atom stereocenters. The summed E-state index contributed by atoms with van der Waals surface area (Å²) >= 11 is 5.28. The molecule has 190 valence electrons. The summed E-state index contributed by atoms with van der Waals surface area (Å²) in [7, 11) is 0. The van der Waals surface area contributed by atoms with Crippen LogP contribution in [0.1, 0.15) is 74.6 Å². The van der Waals surface area contributed by atoms with E-state index in [9.17, 15) is 15.8 Å². The first-order valence-electron chi connectivity index (χ1n) is 13.3. The summed E-state index contributed by atoms with van der Waals surface area (Å²) in [6.45, 7) is 7.18. The number of hydrogen-bond acceptors (Lipinski definition) is 8. The van der Waals surface area contributed by atoms with Crippen LogP contribution in [-0.2, 0) is 5.41 Å². The molecule has 4 aliphatic rings. The lowest BCUT2D eigenvalue weighted by Crippen LogP contribution is -2.28. The van der Waals surface area contributed by atoms with Crippen LogP contribution in [0.15, 0.2) is 33.4 Å². The predicted octanol–water partition coefficient (Wildman–Crippen LogP) is 8.96. The second-order valence-corrected chi connectivity index (χ2v) is 13.9. The zero-order valence-electron chi connectivity index (χ0n) is 21.1. The molecule has 7 rings (SSSR count). The van der Waals surface area contributed by atoms with Crippen molar-refractivity contribution in [3.8, 4) is 18.2 Å². The van der Waals surface area contributed by atoms with Gasteiger partial charge in [-0.3, -0.25) is 0 Å². The second kappa shape index (κ2) is 8.97. The quantitative estimate of drug-likeness (QED) is 0.177. The first-order valence-corrected chi connectivity index (χ1v) is 15.8.